The highest BCUT2D eigenvalue weighted by Crippen LogP contribution is 2.30. The number of furan rings is 1. The third-order valence-electron chi connectivity index (χ3n) is 3.59. The molecule has 0 saturated heterocycles. The maximum Gasteiger partial charge on any atom is 0.287 e. The van der Waals surface area contributed by atoms with E-state index in [0.717, 1.165) is 12.8 Å². The topological polar surface area (TPSA) is 42.2 Å². The van der Waals surface area contributed by atoms with Crippen LogP contribution in [0, 0.1) is 11.8 Å². The van der Waals surface area contributed by atoms with Crippen molar-refractivity contribution in [3.8, 4) is 0 Å². The molecule has 1 aliphatic carbocycles. The standard InChI is InChI=1S/C13H17Cl2NO2/c14-7-9-3-1-2-4-10(9)8-16-13(17)11-5-6-12(15)18-11/h5-6,9-10H,1-4,7-8H2,(H,16,17). The van der Waals surface area contributed by atoms with Gasteiger partial charge in [-0.2, -0.15) is 0 Å². The molecule has 1 N–H and O–H groups in total. The number of hydrogen-bond donors (Lipinski definition) is 1. The molecule has 1 saturated carbocycles. The van der Waals surface area contributed by atoms with Gasteiger partial charge in [0.25, 0.3) is 5.91 Å². The number of carbonyl (C=O) groups is 1. The van der Waals surface area contributed by atoms with Crippen LogP contribution in [0.25, 0.3) is 0 Å². The van der Waals surface area contributed by atoms with E-state index in [9.17, 15) is 4.79 Å². The predicted molar refractivity (Wildman–Crippen MR) is 72.2 cm³/mol. The van der Waals surface area contributed by atoms with Crippen molar-refractivity contribution in [2.75, 3.05) is 12.4 Å². The zero-order valence-electron chi connectivity index (χ0n) is 10.1. The average molecular weight is 290 g/mol. The molecule has 3 nitrogen and oxygen atoms in total. The van der Waals surface area contributed by atoms with Gasteiger partial charge in [0.05, 0.1) is 0 Å². The zero-order valence-corrected chi connectivity index (χ0v) is 11.6. The van der Waals surface area contributed by atoms with Gasteiger partial charge in [-0.1, -0.05) is 12.8 Å². The Morgan fingerprint density at radius 2 is 2.06 bits per heavy atom. The van der Waals surface area contributed by atoms with Gasteiger partial charge in [-0.3, -0.25) is 4.79 Å². The van der Waals surface area contributed by atoms with E-state index in [1.54, 1.807) is 12.1 Å². The Labute approximate surface area is 117 Å². The molecule has 100 valence electrons. The Balaban J connectivity index is 1.85. The minimum Gasteiger partial charge on any atom is -0.440 e. The lowest BCUT2D eigenvalue weighted by Crippen LogP contribution is -2.34. The first kappa shape index (κ1) is 13.8. The molecule has 5 heteroatoms. The summed E-state index contributed by atoms with van der Waals surface area (Å²) < 4.78 is 5.07. The van der Waals surface area contributed by atoms with Gasteiger partial charge in [0.15, 0.2) is 11.0 Å². The number of rotatable bonds is 4. The van der Waals surface area contributed by atoms with Crippen LogP contribution < -0.4 is 5.32 Å². The SMILES string of the molecule is O=C(NCC1CCCCC1CCl)c1ccc(Cl)o1. The second kappa shape index (κ2) is 6.48. The number of amides is 1. The molecular formula is C13H17Cl2NO2. The largest absolute Gasteiger partial charge is 0.440 e. The summed E-state index contributed by atoms with van der Waals surface area (Å²) in [6.45, 7) is 0.661. The monoisotopic (exact) mass is 289 g/mol. The summed E-state index contributed by atoms with van der Waals surface area (Å²) in [5, 5.41) is 3.13. The van der Waals surface area contributed by atoms with E-state index in [1.807, 2.05) is 0 Å². The van der Waals surface area contributed by atoms with Crippen LogP contribution in [0.3, 0.4) is 0 Å². The summed E-state index contributed by atoms with van der Waals surface area (Å²) in [5.74, 6) is 1.72. The van der Waals surface area contributed by atoms with Gasteiger partial charge in [0.2, 0.25) is 0 Å². The highest BCUT2D eigenvalue weighted by atomic mass is 35.5. The summed E-state index contributed by atoms with van der Waals surface area (Å²) in [6, 6.07) is 3.15. The minimum atomic E-state index is -0.208. The smallest absolute Gasteiger partial charge is 0.287 e. The summed E-state index contributed by atoms with van der Waals surface area (Å²) >= 11 is 11.6. The second-order valence-corrected chi connectivity index (χ2v) is 5.45. The lowest BCUT2D eigenvalue weighted by molar-refractivity contribution is 0.0909. The lowest BCUT2D eigenvalue weighted by atomic mass is 9.80. The molecule has 0 bridgehead atoms. The third-order valence-corrected chi connectivity index (χ3v) is 4.19. The van der Waals surface area contributed by atoms with Gasteiger partial charge in [0, 0.05) is 12.4 Å². The Morgan fingerprint density at radius 3 is 2.67 bits per heavy atom. The molecule has 18 heavy (non-hydrogen) atoms. The maximum absolute atomic E-state index is 11.8. The first-order valence-corrected chi connectivity index (χ1v) is 7.21. The first-order valence-electron chi connectivity index (χ1n) is 6.30. The van der Waals surface area contributed by atoms with Crippen LogP contribution in [-0.4, -0.2) is 18.3 Å². The Bertz CT molecular complexity index is 405. The van der Waals surface area contributed by atoms with E-state index >= 15 is 0 Å². The summed E-state index contributed by atoms with van der Waals surface area (Å²) in [4.78, 5) is 11.8. The molecule has 0 radical (unpaired) electrons. The molecule has 0 aromatic carbocycles. The van der Waals surface area contributed by atoms with Crippen LogP contribution in [0.15, 0.2) is 16.5 Å². The molecule has 1 aromatic heterocycles. The summed E-state index contributed by atoms with van der Waals surface area (Å²) in [5.41, 5.74) is 0. The summed E-state index contributed by atoms with van der Waals surface area (Å²) in [7, 11) is 0. The highest BCUT2D eigenvalue weighted by molar-refractivity contribution is 6.29. The lowest BCUT2D eigenvalue weighted by Gasteiger charge is -2.30. The van der Waals surface area contributed by atoms with Crippen molar-refractivity contribution in [2.45, 2.75) is 25.7 Å². The number of hydrogen-bond acceptors (Lipinski definition) is 2. The predicted octanol–water partition coefficient (Wildman–Crippen LogP) is 3.71. The minimum absolute atomic E-state index is 0.208. The normalized spacial score (nSPS) is 23.9. The van der Waals surface area contributed by atoms with Gasteiger partial charge in [-0.05, 0) is 48.4 Å². The van der Waals surface area contributed by atoms with Gasteiger partial charge in [0.1, 0.15) is 0 Å². The van der Waals surface area contributed by atoms with Crippen LogP contribution in [0.5, 0.6) is 0 Å². The Morgan fingerprint density at radius 1 is 1.33 bits per heavy atom. The van der Waals surface area contributed by atoms with Crippen molar-refractivity contribution in [3.63, 3.8) is 0 Å². The fraction of sp³-hybridized carbons (Fsp3) is 0.615. The fourth-order valence-electron chi connectivity index (χ4n) is 2.50. The fourth-order valence-corrected chi connectivity index (χ4v) is 3.06. The van der Waals surface area contributed by atoms with Crippen molar-refractivity contribution in [2.24, 2.45) is 11.8 Å². The molecule has 1 fully saturated rings. The molecule has 1 aromatic rings. The Hall–Kier alpha value is -0.670. The van der Waals surface area contributed by atoms with Crippen LogP contribution in [-0.2, 0) is 0 Å². The van der Waals surface area contributed by atoms with E-state index in [1.165, 1.54) is 12.8 Å². The second-order valence-electron chi connectivity index (χ2n) is 4.77. The molecule has 0 spiro atoms. The van der Waals surface area contributed by atoms with E-state index in [2.05, 4.69) is 5.32 Å². The summed E-state index contributed by atoms with van der Waals surface area (Å²) in [6.07, 6.45) is 4.77. The van der Waals surface area contributed by atoms with Crippen LogP contribution >= 0.6 is 23.2 Å². The van der Waals surface area contributed by atoms with Crippen LogP contribution in [0.2, 0.25) is 5.22 Å². The van der Waals surface area contributed by atoms with Crippen LogP contribution in [0.4, 0.5) is 0 Å². The van der Waals surface area contributed by atoms with Crippen molar-refractivity contribution >= 4 is 29.1 Å². The average Bonchev–Trinajstić information content (AvgIpc) is 2.83. The molecule has 2 rings (SSSR count). The molecule has 0 aliphatic heterocycles. The third kappa shape index (κ3) is 3.42. The molecular weight excluding hydrogens is 273 g/mol. The van der Waals surface area contributed by atoms with E-state index in [-0.39, 0.29) is 16.9 Å². The molecule has 1 amide bonds. The number of carbonyl (C=O) groups excluding carboxylic acids is 1. The zero-order chi connectivity index (χ0) is 13.0. The molecule has 1 aliphatic rings. The van der Waals surface area contributed by atoms with E-state index in [4.69, 9.17) is 27.6 Å². The highest BCUT2D eigenvalue weighted by Gasteiger charge is 2.25. The van der Waals surface area contributed by atoms with Crippen LogP contribution in [0.1, 0.15) is 36.2 Å². The van der Waals surface area contributed by atoms with Crippen molar-refractivity contribution in [1.29, 1.82) is 0 Å². The number of halogens is 2. The van der Waals surface area contributed by atoms with Gasteiger partial charge < -0.3 is 9.73 Å². The molecule has 2 unspecified atom stereocenters. The molecule has 1 heterocycles. The van der Waals surface area contributed by atoms with Crippen molar-refractivity contribution in [1.82, 2.24) is 5.32 Å². The quantitative estimate of drug-likeness (QED) is 0.859. The van der Waals surface area contributed by atoms with Crippen molar-refractivity contribution in [3.05, 3.63) is 23.1 Å². The van der Waals surface area contributed by atoms with Gasteiger partial charge in [-0.15, -0.1) is 11.6 Å². The van der Waals surface area contributed by atoms with E-state index < -0.39 is 0 Å². The first-order chi connectivity index (χ1) is 8.70. The van der Waals surface area contributed by atoms with Gasteiger partial charge >= 0.3 is 0 Å². The number of nitrogens with one attached hydrogen (secondary N) is 1. The maximum atomic E-state index is 11.8. The number of alkyl halides is 1. The van der Waals surface area contributed by atoms with Gasteiger partial charge in [-0.25, -0.2) is 0 Å². The Kier molecular flexibility index (Phi) is 4.95. The van der Waals surface area contributed by atoms with E-state index in [0.29, 0.717) is 24.3 Å². The molecule has 2 atom stereocenters. The van der Waals surface area contributed by atoms with Crippen molar-refractivity contribution < 1.29 is 9.21 Å².